The number of nitrogens with one attached hydrogen (secondary N) is 2. The number of anilines is 2. The molecule has 174 valence electrons. The first kappa shape index (κ1) is 21.0. The Hall–Kier alpha value is -4.52. The predicted molar refractivity (Wildman–Crippen MR) is 128 cm³/mol. The van der Waals surface area contributed by atoms with Crippen LogP contribution in [0.5, 0.6) is 0 Å². The van der Waals surface area contributed by atoms with Gasteiger partial charge in [-0.05, 0) is 49.2 Å². The number of fused-ring (bicyclic) bond motifs is 2. The van der Waals surface area contributed by atoms with Gasteiger partial charge in [0.15, 0.2) is 5.65 Å². The van der Waals surface area contributed by atoms with Gasteiger partial charge in [-0.15, -0.1) is 0 Å². The smallest absolute Gasteiger partial charge is 0.168 e. The maximum Gasteiger partial charge on any atom is 0.168 e. The van der Waals surface area contributed by atoms with E-state index in [1.54, 1.807) is 30.0 Å². The van der Waals surface area contributed by atoms with E-state index < -0.39 is 11.6 Å². The molecule has 0 saturated carbocycles. The van der Waals surface area contributed by atoms with Crippen LogP contribution < -0.4 is 10.2 Å². The summed E-state index contributed by atoms with van der Waals surface area (Å²) in [5.74, 6) is 0.353. The fourth-order valence-electron chi connectivity index (χ4n) is 4.80. The molecule has 0 bridgehead atoms. The number of halogens is 2. The Labute approximate surface area is 198 Å². The van der Waals surface area contributed by atoms with Gasteiger partial charge in [0.25, 0.3) is 0 Å². The summed E-state index contributed by atoms with van der Waals surface area (Å²) in [6.45, 7) is 0.682. The first-order valence-electron chi connectivity index (χ1n) is 11.2. The normalized spacial score (nSPS) is 15.7. The number of imidazole rings is 1. The zero-order valence-corrected chi connectivity index (χ0v) is 18.8. The van der Waals surface area contributed by atoms with E-state index in [9.17, 15) is 14.0 Å². The number of rotatable bonds is 4. The van der Waals surface area contributed by atoms with Crippen molar-refractivity contribution in [2.24, 2.45) is 0 Å². The molecule has 10 heteroatoms. The molecule has 1 atom stereocenters. The summed E-state index contributed by atoms with van der Waals surface area (Å²) in [4.78, 5) is 14.8. The summed E-state index contributed by atoms with van der Waals surface area (Å²) < 4.78 is 30.1. The van der Waals surface area contributed by atoms with E-state index in [0.717, 1.165) is 18.0 Å². The maximum absolute atomic E-state index is 14.5. The monoisotopic (exact) mass is 470 g/mol. The number of hydrogen-bond donors (Lipinski definition) is 2. The molecule has 5 aromatic rings. The van der Waals surface area contributed by atoms with Gasteiger partial charge in [-0.1, -0.05) is 0 Å². The molecule has 35 heavy (non-hydrogen) atoms. The van der Waals surface area contributed by atoms with Crippen LogP contribution in [0.25, 0.3) is 28.1 Å². The summed E-state index contributed by atoms with van der Waals surface area (Å²) in [5, 5.41) is 16.8. The summed E-state index contributed by atoms with van der Waals surface area (Å²) >= 11 is 0. The minimum Gasteiger partial charge on any atom is -0.387 e. The van der Waals surface area contributed by atoms with Gasteiger partial charge in [0.05, 0.1) is 40.1 Å². The summed E-state index contributed by atoms with van der Waals surface area (Å²) in [5.41, 5.74) is 4.26. The lowest BCUT2D eigenvalue weighted by molar-refractivity contribution is 0.560. The highest BCUT2D eigenvalue weighted by Gasteiger charge is 2.30. The second kappa shape index (κ2) is 8.06. The highest BCUT2D eigenvalue weighted by molar-refractivity contribution is 5.87. The van der Waals surface area contributed by atoms with E-state index in [0.29, 0.717) is 58.1 Å². The zero-order valence-electron chi connectivity index (χ0n) is 18.8. The lowest BCUT2D eigenvalue weighted by atomic mass is 10.0. The van der Waals surface area contributed by atoms with Gasteiger partial charge in [0.1, 0.15) is 29.3 Å². The molecule has 3 aromatic heterocycles. The van der Waals surface area contributed by atoms with Crippen LogP contribution in [0.1, 0.15) is 30.0 Å². The van der Waals surface area contributed by atoms with Gasteiger partial charge in [0.2, 0.25) is 0 Å². The molecule has 0 amide bonds. The first-order chi connectivity index (χ1) is 17.1. The van der Waals surface area contributed by atoms with Crippen LogP contribution in [0.3, 0.4) is 0 Å². The molecule has 0 unspecified atom stereocenters. The highest BCUT2D eigenvalue weighted by atomic mass is 19.1. The lowest BCUT2D eigenvalue weighted by Gasteiger charge is -2.26. The number of aromatic nitrogens is 5. The largest absolute Gasteiger partial charge is 0.387 e. The SMILES string of the molecule is CNc1cc2[nH]c(-c3cnn4ccc(N5CCC[C@@H]5c5cc(F)ccc5F)nc34)nc2cc1C#N. The number of benzene rings is 2. The molecule has 8 nitrogen and oxygen atoms in total. The average molecular weight is 470 g/mol. The third-order valence-corrected chi connectivity index (χ3v) is 6.48. The number of H-pyrrole nitrogens is 1. The highest BCUT2D eigenvalue weighted by Crippen LogP contribution is 2.37. The number of nitriles is 1. The number of nitrogens with zero attached hydrogens (tertiary/aromatic N) is 6. The molecule has 2 N–H and O–H groups in total. The van der Waals surface area contributed by atoms with Crippen LogP contribution in [0.2, 0.25) is 0 Å². The van der Waals surface area contributed by atoms with E-state index in [4.69, 9.17) is 4.98 Å². The molecule has 6 rings (SSSR count). The molecule has 0 spiro atoms. The van der Waals surface area contributed by atoms with E-state index in [2.05, 4.69) is 26.5 Å². The van der Waals surface area contributed by atoms with Gasteiger partial charge in [-0.25, -0.2) is 23.3 Å². The van der Waals surface area contributed by atoms with Crippen molar-refractivity contribution in [2.45, 2.75) is 18.9 Å². The standard InChI is InChI=1S/C25H20F2N8/c1-29-19-11-21-20(9-14(19)12-28)31-24(32-21)17-13-30-35-8-6-23(33-25(17)35)34-7-2-3-22(34)16-10-15(26)4-5-18(16)27/h4-6,8-11,13,22,29H,2-3,7H2,1H3,(H,31,32)/t22-/m1/s1. The summed E-state index contributed by atoms with van der Waals surface area (Å²) in [7, 11) is 1.76. The molecular weight excluding hydrogens is 450 g/mol. The third kappa shape index (κ3) is 3.44. The Balaban J connectivity index is 1.42. The molecule has 1 saturated heterocycles. The van der Waals surface area contributed by atoms with Crippen LogP contribution in [-0.2, 0) is 0 Å². The Bertz CT molecular complexity index is 1630. The summed E-state index contributed by atoms with van der Waals surface area (Å²) in [6, 6.07) is 10.8. The van der Waals surface area contributed by atoms with Crippen molar-refractivity contribution in [2.75, 3.05) is 23.8 Å². The second-order valence-electron chi connectivity index (χ2n) is 8.49. The third-order valence-electron chi connectivity index (χ3n) is 6.48. The zero-order chi connectivity index (χ0) is 24.1. The Morgan fingerprint density at radius 1 is 1.17 bits per heavy atom. The van der Waals surface area contributed by atoms with Gasteiger partial charge < -0.3 is 15.2 Å². The molecule has 0 radical (unpaired) electrons. The van der Waals surface area contributed by atoms with E-state index in [1.807, 2.05) is 17.0 Å². The molecule has 4 heterocycles. The maximum atomic E-state index is 14.5. The van der Waals surface area contributed by atoms with Gasteiger partial charge in [0, 0.05) is 25.4 Å². The van der Waals surface area contributed by atoms with Crippen molar-refractivity contribution < 1.29 is 8.78 Å². The Morgan fingerprint density at radius 3 is 2.89 bits per heavy atom. The van der Waals surface area contributed by atoms with Crippen molar-refractivity contribution in [1.82, 2.24) is 24.6 Å². The van der Waals surface area contributed by atoms with Crippen LogP contribution >= 0.6 is 0 Å². The predicted octanol–water partition coefficient (Wildman–Crippen LogP) is 4.81. The van der Waals surface area contributed by atoms with Crippen LogP contribution in [0.15, 0.2) is 48.8 Å². The number of aromatic amines is 1. The van der Waals surface area contributed by atoms with E-state index in [-0.39, 0.29) is 6.04 Å². The molecule has 0 aliphatic carbocycles. The van der Waals surface area contributed by atoms with Crippen molar-refractivity contribution in [1.29, 1.82) is 5.26 Å². The minimum absolute atomic E-state index is 0.303. The Morgan fingerprint density at radius 2 is 2.06 bits per heavy atom. The average Bonchev–Trinajstić information content (AvgIpc) is 3.61. The van der Waals surface area contributed by atoms with Crippen LogP contribution in [0.4, 0.5) is 20.3 Å². The Kier molecular flexibility index (Phi) is 4.84. The van der Waals surface area contributed by atoms with Crippen molar-refractivity contribution in [3.05, 3.63) is 71.6 Å². The second-order valence-corrected chi connectivity index (χ2v) is 8.49. The fourth-order valence-corrected chi connectivity index (χ4v) is 4.80. The fraction of sp³-hybridized carbons (Fsp3) is 0.200. The molecule has 1 fully saturated rings. The topological polar surface area (TPSA) is 97.9 Å². The van der Waals surface area contributed by atoms with Crippen molar-refractivity contribution in [3.8, 4) is 17.5 Å². The van der Waals surface area contributed by atoms with Crippen molar-refractivity contribution >= 4 is 28.2 Å². The van der Waals surface area contributed by atoms with E-state index in [1.165, 1.54) is 12.1 Å². The first-order valence-corrected chi connectivity index (χ1v) is 11.2. The van der Waals surface area contributed by atoms with Crippen molar-refractivity contribution in [3.63, 3.8) is 0 Å². The molecule has 1 aliphatic heterocycles. The quantitative estimate of drug-likeness (QED) is 0.391. The van der Waals surface area contributed by atoms with Crippen LogP contribution in [-0.4, -0.2) is 38.2 Å². The van der Waals surface area contributed by atoms with Gasteiger partial charge in [-0.2, -0.15) is 10.4 Å². The molecule has 1 aliphatic rings. The van der Waals surface area contributed by atoms with Gasteiger partial charge in [-0.3, -0.25) is 0 Å². The van der Waals surface area contributed by atoms with E-state index >= 15 is 0 Å². The molecule has 2 aromatic carbocycles. The van der Waals surface area contributed by atoms with Crippen LogP contribution in [0, 0.1) is 23.0 Å². The summed E-state index contributed by atoms with van der Waals surface area (Å²) in [6.07, 6.45) is 5.03. The lowest BCUT2D eigenvalue weighted by Crippen LogP contribution is -2.24. The number of hydrogen-bond acceptors (Lipinski definition) is 6. The molecular formula is C25H20F2N8. The van der Waals surface area contributed by atoms with Gasteiger partial charge >= 0.3 is 0 Å². The minimum atomic E-state index is -0.458.